The minimum atomic E-state index is -4.25. The molecule has 0 saturated carbocycles. The summed E-state index contributed by atoms with van der Waals surface area (Å²) < 4.78 is 33.2. The molecule has 5 heteroatoms. The van der Waals surface area contributed by atoms with E-state index >= 15 is 0 Å². The summed E-state index contributed by atoms with van der Waals surface area (Å²) in [5.74, 6) is 0. The minimum absolute atomic E-state index is 0.0167. The number of hydrogen-bond donors (Lipinski definition) is 1. The minimum Gasteiger partial charge on any atom is -0.282 e. The van der Waals surface area contributed by atoms with Crippen LogP contribution in [0.2, 0.25) is 0 Å². The van der Waals surface area contributed by atoms with Crippen LogP contribution in [0.15, 0.2) is 53.4 Å². The van der Waals surface area contributed by atoms with Crippen molar-refractivity contribution >= 4 is 28.6 Å². The van der Waals surface area contributed by atoms with Gasteiger partial charge in [0.05, 0.1) is 0 Å². The Balaban J connectivity index is 2.76. The lowest BCUT2D eigenvalue weighted by molar-refractivity contribution is 0.484. The first kappa shape index (κ1) is 17.1. The van der Waals surface area contributed by atoms with Crippen molar-refractivity contribution in [3.8, 4) is 0 Å². The summed E-state index contributed by atoms with van der Waals surface area (Å²) in [6.07, 6.45) is 0. The fraction of sp³-hybridized carbons (Fsp3) is 0.294. The molecule has 0 spiro atoms. The lowest BCUT2D eigenvalue weighted by atomic mass is 10.2. The summed E-state index contributed by atoms with van der Waals surface area (Å²) in [4.78, 5) is 0.0167. The molecule has 0 saturated heterocycles. The van der Waals surface area contributed by atoms with Gasteiger partial charge in [-0.3, -0.25) is 4.55 Å². The molecule has 1 atom stereocenters. The van der Waals surface area contributed by atoms with E-state index in [1.165, 1.54) is 6.07 Å². The van der Waals surface area contributed by atoms with E-state index in [0.717, 1.165) is 10.9 Å². The molecule has 0 amide bonds. The maximum absolute atomic E-state index is 11.8. The smallest absolute Gasteiger partial charge is 0.282 e. The van der Waals surface area contributed by atoms with Gasteiger partial charge in [0.1, 0.15) is 4.90 Å². The van der Waals surface area contributed by atoms with E-state index in [9.17, 15) is 13.0 Å². The summed E-state index contributed by atoms with van der Waals surface area (Å²) in [5.41, 5.74) is 0.982. The molecule has 3 nitrogen and oxygen atoms in total. The van der Waals surface area contributed by atoms with Crippen molar-refractivity contribution in [1.29, 1.82) is 0 Å². The van der Waals surface area contributed by atoms with Crippen LogP contribution in [0.3, 0.4) is 0 Å². The lowest BCUT2D eigenvalue weighted by Gasteiger charge is -2.33. The van der Waals surface area contributed by atoms with Gasteiger partial charge in [0.25, 0.3) is 10.1 Å². The van der Waals surface area contributed by atoms with Crippen LogP contribution in [0, 0.1) is 6.92 Å². The molecule has 2 aromatic rings. The molecule has 1 unspecified atom stereocenters. The van der Waals surface area contributed by atoms with Crippen LogP contribution in [-0.4, -0.2) is 18.1 Å². The molecular formula is C17H21O3PS. The monoisotopic (exact) mass is 336 g/mol. The molecule has 2 aromatic carbocycles. The van der Waals surface area contributed by atoms with Crippen LogP contribution in [0.25, 0.3) is 0 Å². The van der Waals surface area contributed by atoms with Gasteiger partial charge in [0, 0.05) is 5.30 Å². The van der Waals surface area contributed by atoms with Crippen molar-refractivity contribution in [2.45, 2.75) is 37.7 Å². The SMILES string of the molecule is Cc1ccc(S(=O)(=O)O)c(P(c2ccccc2)C(C)(C)C)c1. The molecule has 2 rings (SSSR count). The Bertz CT molecular complexity index is 762. The van der Waals surface area contributed by atoms with Crippen molar-refractivity contribution in [3.05, 3.63) is 54.1 Å². The van der Waals surface area contributed by atoms with E-state index < -0.39 is 18.0 Å². The predicted octanol–water partition coefficient (Wildman–Crippen LogP) is 3.47. The molecule has 1 N–H and O–H groups in total. The van der Waals surface area contributed by atoms with Crippen molar-refractivity contribution in [1.82, 2.24) is 0 Å². The van der Waals surface area contributed by atoms with Crippen LogP contribution in [0.5, 0.6) is 0 Å². The zero-order valence-corrected chi connectivity index (χ0v) is 14.9. The maximum Gasteiger partial charge on any atom is 0.295 e. The Morgan fingerprint density at radius 1 is 1.00 bits per heavy atom. The van der Waals surface area contributed by atoms with Crippen molar-refractivity contribution in [3.63, 3.8) is 0 Å². The van der Waals surface area contributed by atoms with Gasteiger partial charge in [-0.2, -0.15) is 8.42 Å². The van der Waals surface area contributed by atoms with Gasteiger partial charge in [0.2, 0.25) is 0 Å². The average Bonchev–Trinajstić information content (AvgIpc) is 2.37. The first-order valence-electron chi connectivity index (χ1n) is 7.04. The van der Waals surface area contributed by atoms with Gasteiger partial charge in [-0.1, -0.05) is 62.7 Å². The number of aryl methyl sites for hydroxylation is 1. The number of hydrogen-bond acceptors (Lipinski definition) is 2. The van der Waals surface area contributed by atoms with E-state index in [4.69, 9.17) is 0 Å². The topological polar surface area (TPSA) is 54.4 Å². The first-order valence-corrected chi connectivity index (χ1v) is 9.82. The van der Waals surface area contributed by atoms with Gasteiger partial charge < -0.3 is 0 Å². The summed E-state index contributed by atoms with van der Waals surface area (Å²) >= 11 is 0. The molecule has 0 heterocycles. The Morgan fingerprint density at radius 3 is 2.09 bits per heavy atom. The average molecular weight is 336 g/mol. The first-order chi connectivity index (χ1) is 10.1. The third-order valence-corrected chi connectivity index (χ3v) is 7.39. The summed E-state index contributed by atoms with van der Waals surface area (Å²) in [6.45, 7) is 8.23. The van der Waals surface area contributed by atoms with Crippen LogP contribution in [0.1, 0.15) is 26.3 Å². The number of rotatable bonds is 3. The van der Waals surface area contributed by atoms with E-state index in [0.29, 0.717) is 5.30 Å². The Morgan fingerprint density at radius 2 is 1.59 bits per heavy atom. The van der Waals surface area contributed by atoms with E-state index in [-0.39, 0.29) is 10.1 Å². The van der Waals surface area contributed by atoms with E-state index in [2.05, 4.69) is 20.8 Å². The maximum atomic E-state index is 11.8. The summed E-state index contributed by atoms with van der Waals surface area (Å²) in [7, 11) is -5.18. The van der Waals surface area contributed by atoms with Crippen molar-refractivity contribution in [2.75, 3.05) is 0 Å². The molecule has 118 valence electrons. The molecule has 0 bridgehead atoms. The third-order valence-electron chi connectivity index (χ3n) is 3.32. The molecule has 0 aliphatic rings. The van der Waals surface area contributed by atoms with E-state index in [1.54, 1.807) is 6.07 Å². The zero-order valence-electron chi connectivity index (χ0n) is 13.2. The highest BCUT2D eigenvalue weighted by molar-refractivity contribution is 7.87. The fourth-order valence-corrected chi connectivity index (χ4v) is 6.54. The molecule has 0 aliphatic carbocycles. The van der Waals surface area contributed by atoms with Crippen LogP contribution in [-0.2, 0) is 10.1 Å². The molecule has 0 aromatic heterocycles. The Hall–Kier alpha value is -1.22. The predicted molar refractivity (Wildman–Crippen MR) is 93.4 cm³/mol. The second-order valence-corrected chi connectivity index (χ2v) is 10.7. The van der Waals surface area contributed by atoms with E-state index in [1.807, 2.05) is 43.3 Å². The fourth-order valence-electron chi connectivity index (χ4n) is 2.49. The summed E-state index contributed by atoms with van der Waals surface area (Å²) in [6, 6.07) is 15.0. The standard InChI is InChI=1S/C17H21O3PS/c1-13-10-11-16(22(18,19)20)15(12-13)21(17(2,3)4)14-8-6-5-7-9-14/h5-12H,1-4H3,(H,18,19,20). The molecular weight excluding hydrogens is 315 g/mol. The highest BCUT2D eigenvalue weighted by Gasteiger charge is 2.32. The Kier molecular flexibility index (Phi) is 4.76. The van der Waals surface area contributed by atoms with Gasteiger partial charge in [0.15, 0.2) is 0 Å². The van der Waals surface area contributed by atoms with Gasteiger partial charge >= 0.3 is 0 Å². The molecule has 0 aliphatic heterocycles. The quantitative estimate of drug-likeness (QED) is 0.690. The van der Waals surface area contributed by atoms with Crippen molar-refractivity contribution < 1.29 is 13.0 Å². The molecule has 22 heavy (non-hydrogen) atoms. The normalized spacial score (nSPS) is 13.9. The number of benzene rings is 2. The van der Waals surface area contributed by atoms with Crippen molar-refractivity contribution in [2.24, 2.45) is 0 Å². The zero-order chi connectivity index (χ0) is 16.5. The second kappa shape index (κ2) is 6.11. The molecule has 0 radical (unpaired) electrons. The summed E-state index contributed by atoms with van der Waals surface area (Å²) in [5, 5.41) is 1.67. The van der Waals surface area contributed by atoms with Gasteiger partial charge in [-0.15, -0.1) is 0 Å². The lowest BCUT2D eigenvalue weighted by Crippen LogP contribution is -2.29. The Labute approximate surface area is 133 Å². The second-order valence-electron chi connectivity index (χ2n) is 6.29. The van der Waals surface area contributed by atoms with Gasteiger partial charge in [-0.05, 0) is 37.4 Å². The van der Waals surface area contributed by atoms with Crippen LogP contribution in [0.4, 0.5) is 0 Å². The third kappa shape index (κ3) is 3.75. The van der Waals surface area contributed by atoms with Gasteiger partial charge in [-0.25, -0.2) is 0 Å². The highest BCUT2D eigenvalue weighted by Crippen LogP contribution is 2.48. The largest absolute Gasteiger partial charge is 0.295 e. The van der Waals surface area contributed by atoms with Crippen LogP contribution >= 0.6 is 7.92 Å². The molecule has 0 fully saturated rings. The van der Waals surface area contributed by atoms with Crippen LogP contribution < -0.4 is 10.6 Å². The highest BCUT2D eigenvalue weighted by atomic mass is 32.2.